The Balaban J connectivity index is 2.33. The van der Waals surface area contributed by atoms with Gasteiger partial charge in [0.1, 0.15) is 6.10 Å². The van der Waals surface area contributed by atoms with Crippen molar-refractivity contribution < 1.29 is 19.4 Å². The molecule has 0 aromatic carbocycles. The van der Waals surface area contributed by atoms with Gasteiger partial charge in [-0.1, -0.05) is 13.0 Å². The molecule has 2 N–H and O–H groups in total. The molecular weight excluding hydrogens is 210 g/mol. The van der Waals surface area contributed by atoms with Gasteiger partial charge in [-0.15, -0.1) is 6.58 Å². The molecule has 2 aliphatic rings. The van der Waals surface area contributed by atoms with E-state index >= 15 is 0 Å². The van der Waals surface area contributed by atoms with Gasteiger partial charge in [-0.05, 0) is 6.92 Å². The number of esters is 1. The molecule has 0 radical (unpaired) electrons. The maximum absolute atomic E-state index is 11.6. The van der Waals surface area contributed by atoms with E-state index in [4.69, 9.17) is 4.74 Å². The number of rotatable bonds is 3. The molecule has 2 rings (SSSR count). The van der Waals surface area contributed by atoms with Crippen molar-refractivity contribution in [2.24, 2.45) is 11.8 Å². The SMILES string of the molecule is C=CC(C)[C@H](O)[C@@]12NC(=O)[C@H](C)[C@@H]1OC2=O. The average molecular weight is 225 g/mol. The first kappa shape index (κ1) is 11.1. The van der Waals surface area contributed by atoms with Gasteiger partial charge in [0.2, 0.25) is 11.4 Å². The number of amides is 1. The highest BCUT2D eigenvalue weighted by atomic mass is 16.6. The van der Waals surface area contributed by atoms with E-state index in [2.05, 4.69) is 11.9 Å². The van der Waals surface area contributed by atoms with Crippen molar-refractivity contribution in [3.63, 3.8) is 0 Å². The van der Waals surface area contributed by atoms with Crippen molar-refractivity contribution in [1.82, 2.24) is 5.32 Å². The van der Waals surface area contributed by atoms with Crippen LogP contribution in [0.2, 0.25) is 0 Å². The van der Waals surface area contributed by atoms with Crippen LogP contribution >= 0.6 is 0 Å². The van der Waals surface area contributed by atoms with Crippen molar-refractivity contribution in [1.29, 1.82) is 0 Å². The Labute approximate surface area is 93.5 Å². The van der Waals surface area contributed by atoms with Gasteiger partial charge in [-0.3, -0.25) is 4.79 Å². The van der Waals surface area contributed by atoms with E-state index < -0.39 is 29.6 Å². The summed E-state index contributed by atoms with van der Waals surface area (Å²) < 4.78 is 4.95. The van der Waals surface area contributed by atoms with Gasteiger partial charge in [-0.25, -0.2) is 4.79 Å². The van der Waals surface area contributed by atoms with Gasteiger partial charge in [0.05, 0.1) is 12.0 Å². The largest absolute Gasteiger partial charge is 0.456 e. The Morgan fingerprint density at radius 1 is 1.62 bits per heavy atom. The number of fused-ring (bicyclic) bond motifs is 1. The van der Waals surface area contributed by atoms with E-state index in [0.29, 0.717) is 0 Å². The predicted octanol–water partition coefficient (Wildman–Crippen LogP) is -0.401. The molecule has 0 aliphatic carbocycles. The summed E-state index contributed by atoms with van der Waals surface area (Å²) in [5.41, 5.74) is -1.26. The summed E-state index contributed by atoms with van der Waals surface area (Å²) in [6, 6.07) is 0. The van der Waals surface area contributed by atoms with Crippen LogP contribution < -0.4 is 5.32 Å². The molecule has 1 amide bonds. The minimum absolute atomic E-state index is 0.258. The zero-order chi connectivity index (χ0) is 12.1. The number of aliphatic hydroxyl groups is 1. The van der Waals surface area contributed by atoms with Crippen LogP contribution in [0.4, 0.5) is 0 Å². The summed E-state index contributed by atoms with van der Waals surface area (Å²) in [5, 5.41) is 12.7. The van der Waals surface area contributed by atoms with Crippen molar-refractivity contribution in [2.45, 2.75) is 31.6 Å². The summed E-state index contributed by atoms with van der Waals surface area (Å²) in [4.78, 5) is 23.1. The monoisotopic (exact) mass is 225 g/mol. The molecule has 2 aliphatic heterocycles. The molecule has 0 saturated carbocycles. The number of ether oxygens (including phenoxy) is 1. The third-order valence-corrected chi connectivity index (χ3v) is 3.55. The van der Waals surface area contributed by atoms with Crippen molar-refractivity contribution in [3.8, 4) is 0 Å². The van der Waals surface area contributed by atoms with Gasteiger partial charge >= 0.3 is 5.97 Å². The maximum Gasteiger partial charge on any atom is 0.339 e. The minimum atomic E-state index is -1.26. The third kappa shape index (κ3) is 1.09. The molecule has 88 valence electrons. The normalized spacial score (nSPS) is 40.2. The predicted molar refractivity (Wildman–Crippen MR) is 55.3 cm³/mol. The molecule has 0 bridgehead atoms. The lowest BCUT2D eigenvalue weighted by Crippen LogP contribution is -2.73. The summed E-state index contributed by atoms with van der Waals surface area (Å²) in [5.74, 6) is -1.52. The van der Waals surface area contributed by atoms with E-state index in [-0.39, 0.29) is 11.8 Å². The van der Waals surface area contributed by atoms with Crippen molar-refractivity contribution in [2.75, 3.05) is 0 Å². The zero-order valence-electron chi connectivity index (χ0n) is 9.27. The van der Waals surface area contributed by atoms with Gasteiger partial charge < -0.3 is 15.2 Å². The van der Waals surface area contributed by atoms with Crippen molar-refractivity contribution >= 4 is 11.9 Å². The fourth-order valence-corrected chi connectivity index (χ4v) is 2.34. The lowest BCUT2D eigenvalue weighted by molar-refractivity contribution is -0.206. The molecule has 1 unspecified atom stereocenters. The van der Waals surface area contributed by atoms with Crippen LogP contribution in [-0.2, 0) is 14.3 Å². The van der Waals surface area contributed by atoms with Crippen molar-refractivity contribution in [3.05, 3.63) is 12.7 Å². The molecule has 0 spiro atoms. The number of hydrogen-bond acceptors (Lipinski definition) is 4. The number of carbonyl (C=O) groups excluding carboxylic acids is 2. The highest BCUT2D eigenvalue weighted by Crippen LogP contribution is 2.42. The first-order chi connectivity index (χ1) is 7.45. The van der Waals surface area contributed by atoms with Crippen LogP contribution in [0.15, 0.2) is 12.7 Å². The Morgan fingerprint density at radius 3 is 2.69 bits per heavy atom. The van der Waals surface area contributed by atoms with E-state index in [1.807, 2.05) is 0 Å². The highest BCUT2D eigenvalue weighted by Gasteiger charge is 2.71. The van der Waals surface area contributed by atoms with Gasteiger partial charge in [-0.2, -0.15) is 0 Å². The van der Waals surface area contributed by atoms with E-state index in [1.54, 1.807) is 19.9 Å². The van der Waals surface area contributed by atoms with Crippen LogP contribution in [-0.4, -0.2) is 34.7 Å². The molecule has 0 aromatic heterocycles. The topological polar surface area (TPSA) is 75.6 Å². The average Bonchev–Trinajstić information content (AvgIpc) is 2.47. The minimum Gasteiger partial charge on any atom is -0.456 e. The summed E-state index contributed by atoms with van der Waals surface area (Å²) in [7, 11) is 0. The number of carbonyl (C=O) groups is 2. The molecule has 2 saturated heterocycles. The molecule has 2 heterocycles. The van der Waals surface area contributed by atoms with Crippen LogP contribution in [0, 0.1) is 11.8 Å². The van der Waals surface area contributed by atoms with Crippen LogP contribution in [0.1, 0.15) is 13.8 Å². The molecular formula is C11H15NO4. The summed E-state index contributed by atoms with van der Waals surface area (Å²) in [6.45, 7) is 6.99. The summed E-state index contributed by atoms with van der Waals surface area (Å²) >= 11 is 0. The van der Waals surface area contributed by atoms with Gasteiger partial charge in [0.15, 0.2) is 0 Å². The van der Waals surface area contributed by atoms with E-state index in [0.717, 1.165) is 0 Å². The van der Waals surface area contributed by atoms with Crippen LogP contribution in [0.3, 0.4) is 0 Å². The second-order valence-electron chi connectivity index (χ2n) is 4.51. The molecule has 2 fully saturated rings. The summed E-state index contributed by atoms with van der Waals surface area (Å²) in [6.07, 6.45) is -0.00734. The zero-order valence-corrected chi connectivity index (χ0v) is 9.27. The third-order valence-electron chi connectivity index (χ3n) is 3.55. The molecule has 5 nitrogen and oxygen atoms in total. The fourth-order valence-electron chi connectivity index (χ4n) is 2.34. The number of hydrogen-bond donors (Lipinski definition) is 2. The van der Waals surface area contributed by atoms with E-state index in [1.165, 1.54) is 0 Å². The molecule has 5 atom stereocenters. The van der Waals surface area contributed by atoms with Gasteiger partial charge in [0.25, 0.3) is 0 Å². The van der Waals surface area contributed by atoms with E-state index in [9.17, 15) is 14.7 Å². The number of nitrogens with one attached hydrogen (secondary N) is 1. The standard InChI is InChI=1S/C11H15NO4/c1-4-5(2)7(13)11-8(16-10(11)15)6(3)9(14)12-11/h4-8,13H,1H2,2-3H3,(H,12,14)/t5?,6-,7+,8+,11-/m1/s1. The Bertz CT molecular complexity index is 367. The lowest BCUT2D eigenvalue weighted by atomic mass is 9.76. The Hall–Kier alpha value is -1.36. The second-order valence-corrected chi connectivity index (χ2v) is 4.51. The van der Waals surface area contributed by atoms with Crippen LogP contribution in [0.25, 0.3) is 0 Å². The second kappa shape index (κ2) is 3.31. The Morgan fingerprint density at radius 2 is 2.25 bits per heavy atom. The smallest absolute Gasteiger partial charge is 0.339 e. The first-order valence-electron chi connectivity index (χ1n) is 5.29. The molecule has 5 heteroatoms. The molecule has 16 heavy (non-hydrogen) atoms. The quantitative estimate of drug-likeness (QED) is 0.506. The lowest BCUT2D eigenvalue weighted by Gasteiger charge is -2.46. The van der Waals surface area contributed by atoms with Gasteiger partial charge in [0, 0.05) is 5.92 Å². The highest BCUT2D eigenvalue weighted by molar-refractivity contribution is 5.99. The number of aliphatic hydroxyl groups excluding tert-OH is 1. The molecule has 0 aromatic rings. The fraction of sp³-hybridized carbons (Fsp3) is 0.636. The Kier molecular flexibility index (Phi) is 2.31. The maximum atomic E-state index is 11.6. The van der Waals surface area contributed by atoms with Crippen LogP contribution in [0.5, 0.6) is 0 Å². The first-order valence-corrected chi connectivity index (χ1v) is 5.29.